The highest BCUT2D eigenvalue weighted by atomic mass is 79.9. The van der Waals surface area contributed by atoms with Crippen LogP contribution in [-0.2, 0) is 16.6 Å². The van der Waals surface area contributed by atoms with Gasteiger partial charge in [0.05, 0.1) is 10.1 Å². The first-order chi connectivity index (χ1) is 13.6. The van der Waals surface area contributed by atoms with E-state index in [0.717, 1.165) is 50.7 Å². The number of unbranched alkanes of at least 4 members (excludes halogenated alkanes) is 1. The van der Waals surface area contributed by atoms with Crippen LogP contribution in [0.25, 0.3) is 0 Å². The van der Waals surface area contributed by atoms with E-state index < -0.39 is 5.95 Å². The maximum absolute atomic E-state index is 13.3. The third-order valence-corrected chi connectivity index (χ3v) is 7.15. The Bertz CT molecular complexity index is 794. The summed E-state index contributed by atoms with van der Waals surface area (Å²) in [5.74, 6) is -0.443. The van der Waals surface area contributed by atoms with Crippen molar-refractivity contribution in [3.63, 3.8) is 0 Å². The summed E-state index contributed by atoms with van der Waals surface area (Å²) in [6, 6.07) is 8.16. The molecule has 3 nitrogen and oxygen atoms in total. The van der Waals surface area contributed by atoms with Gasteiger partial charge in [0.25, 0.3) is 0 Å². The number of hydrogen-bond donors (Lipinski definition) is 0. The Morgan fingerprint density at radius 2 is 1.96 bits per heavy atom. The third-order valence-electron chi connectivity index (χ3n) is 6.60. The smallest absolute Gasteiger partial charge is 0.227 e. The Morgan fingerprint density at radius 1 is 1.11 bits per heavy atom. The number of halogens is 2. The van der Waals surface area contributed by atoms with Crippen molar-refractivity contribution in [3.05, 3.63) is 58.3 Å². The molecule has 1 spiro atoms. The van der Waals surface area contributed by atoms with Crippen LogP contribution in [0.4, 0.5) is 4.39 Å². The summed E-state index contributed by atoms with van der Waals surface area (Å²) in [6.45, 7) is 0.839. The Kier molecular flexibility index (Phi) is 6.12. The number of ether oxygens (including phenoxy) is 1. The van der Waals surface area contributed by atoms with Crippen LogP contribution in [0.1, 0.15) is 69.0 Å². The van der Waals surface area contributed by atoms with Gasteiger partial charge in [0, 0.05) is 30.1 Å². The molecule has 2 aliphatic rings. The van der Waals surface area contributed by atoms with Crippen LogP contribution >= 0.6 is 15.9 Å². The second-order valence-corrected chi connectivity index (χ2v) is 9.34. The molecule has 1 aliphatic carbocycles. The number of hydrogen-bond acceptors (Lipinski definition) is 3. The van der Waals surface area contributed by atoms with E-state index in [2.05, 4.69) is 33.0 Å². The molecular weight excluding hydrogens is 419 g/mol. The number of nitrogens with zero attached hydrogens (tertiary/aromatic N) is 2. The van der Waals surface area contributed by atoms with E-state index in [4.69, 9.17) is 9.72 Å². The zero-order valence-corrected chi connectivity index (χ0v) is 17.9. The lowest BCUT2D eigenvalue weighted by Gasteiger charge is -2.46. The zero-order chi connectivity index (χ0) is 19.5. The molecule has 0 unspecified atom stereocenters. The molecule has 5 heteroatoms. The van der Waals surface area contributed by atoms with Crippen LogP contribution in [0, 0.1) is 5.95 Å². The SMILES string of the molecule is Fc1ncc(CCCC[C@@]2(c3ccccn3)CCOC3(CCCC3)C2)cc1Br. The van der Waals surface area contributed by atoms with Crippen LogP contribution in [0.5, 0.6) is 0 Å². The summed E-state index contributed by atoms with van der Waals surface area (Å²) in [7, 11) is 0. The molecule has 0 aromatic carbocycles. The van der Waals surface area contributed by atoms with Gasteiger partial charge >= 0.3 is 0 Å². The van der Waals surface area contributed by atoms with Gasteiger partial charge in [0.2, 0.25) is 5.95 Å². The molecule has 1 atom stereocenters. The summed E-state index contributed by atoms with van der Waals surface area (Å²) < 4.78 is 20.1. The Hall–Kier alpha value is -1.33. The lowest BCUT2D eigenvalue weighted by atomic mass is 9.67. The van der Waals surface area contributed by atoms with Crippen molar-refractivity contribution in [3.8, 4) is 0 Å². The molecule has 0 radical (unpaired) electrons. The molecule has 4 rings (SSSR count). The largest absolute Gasteiger partial charge is 0.375 e. The first kappa shape index (κ1) is 20.0. The molecule has 1 saturated heterocycles. The van der Waals surface area contributed by atoms with Gasteiger partial charge in [0.1, 0.15) is 0 Å². The van der Waals surface area contributed by atoms with Crippen LogP contribution in [0.2, 0.25) is 0 Å². The number of pyridine rings is 2. The molecule has 0 amide bonds. The van der Waals surface area contributed by atoms with Crippen molar-refractivity contribution in [2.75, 3.05) is 6.61 Å². The Balaban J connectivity index is 1.45. The molecular formula is C23H28BrFN2O. The quantitative estimate of drug-likeness (QED) is 0.394. The summed E-state index contributed by atoms with van der Waals surface area (Å²) >= 11 is 3.23. The van der Waals surface area contributed by atoms with Crippen molar-refractivity contribution in [1.82, 2.24) is 9.97 Å². The second-order valence-electron chi connectivity index (χ2n) is 8.48. The Labute approximate surface area is 175 Å². The van der Waals surface area contributed by atoms with Gasteiger partial charge in [-0.2, -0.15) is 4.39 Å². The molecule has 150 valence electrons. The van der Waals surface area contributed by atoms with E-state index in [9.17, 15) is 4.39 Å². The minimum absolute atomic E-state index is 0.0709. The average molecular weight is 447 g/mol. The lowest BCUT2D eigenvalue weighted by Crippen LogP contribution is -2.46. The lowest BCUT2D eigenvalue weighted by molar-refractivity contribution is -0.104. The van der Waals surface area contributed by atoms with Crippen molar-refractivity contribution in [2.24, 2.45) is 0 Å². The molecule has 28 heavy (non-hydrogen) atoms. The highest BCUT2D eigenvalue weighted by Gasteiger charge is 2.48. The molecule has 1 saturated carbocycles. The van der Waals surface area contributed by atoms with Crippen LogP contribution in [0.15, 0.2) is 41.1 Å². The number of aryl methyl sites for hydroxylation is 1. The second kappa shape index (κ2) is 8.58. The summed E-state index contributed by atoms with van der Waals surface area (Å²) in [5.41, 5.74) is 2.50. The molecule has 3 heterocycles. The number of aromatic nitrogens is 2. The van der Waals surface area contributed by atoms with E-state index in [1.54, 1.807) is 6.20 Å². The van der Waals surface area contributed by atoms with Crippen molar-refractivity contribution in [1.29, 1.82) is 0 Å². The summed E-state index contributed by atoms with van der Waals surface area (Å²) in [6.07, 6.45) is 14.9. The minimum atomic E-state index is -0.443. The van der Waals surface area contributed by atoms with E-state index in [-0.39, 0.29) is 11.0 Å². The summed E-state index contributed by atoms with van der Waals surface area (Å²) in [4.78, 5) is 8.59. The van der Waals surface area contributed by atoms with Crippen molar-refractivity contribution < 1.29 is 9.13 Å². The standard InChI is InChI=1S/C23H28BrFN2O/c24-19-15-18(16-27-21(19)25)7-1-3-9-22(20-8-2-6-13-26-20)12-14-28-23(17-22)10-4-5-11-23/h2,6,8,13,15-16H,1,3-5,7,9-12,14,17H2/t22-/m1/s1. The van der Waals surface area contributed by atoms with Gasteiger partial charge in [-0.25, -0.2) is 4.98 Å². The maximum Gasteiger partial charge on any atom is 0.227 e. The number of rotatable bonds is 6. The van der Waals surface area contributed by atoms with Crippen molar-refractivity contribution >= 4 is 15.9 Å². The van der Waals surface area contributed by atoms with Gasteiger partial charge in [0.15, 0.2) is 0 Å². The topological polar surface area (TPSA) is 35.0 Å². The Morgan fingerprint density at radius 3 is 2.71 bits per heavy atom. The summed E-state index contributed by atoms with van der Waals surface area (Å²) in [5, 5.41) is 0. The fourth-order valence-electron chi connectivity index (χ4n) is 5.19. The van der Waals surface area contributed by atoms with Crippen LogP contribution < -0.4 is 0 Å². The van der Waals surface area contributed by atoms with E-state index >= 15 is 0 Å². The van der Waals surface area contributed by atoms with E-state index in [0.29, 0.717) is 4.47 Å². The molecule has 0 N–H and O–H groups in total. The predicted octanol–water partition coefficient (Wildman–Crippen LogP) is 6.15. The average Bonchev–Trinajstić information content (AvgIpc) is 3.16. The zero-order valence-electron chi connectivity index (χ0n) is 16.3. The highest BCUT2D eigenvalue weighted by molar-refractivity contribution is 9.10. The van der Waals surface area contributed by atoms with Crippen LogP contribution in [-0.4, -0.2) is 22.2 Å². The van der Waals surface area contributed by atoms with Crippen LogP contribution in [0.3, 0.4) is 0 Å². The van der Waals surface area contributed by atoms with E-state index in [1.165, 1.54) is 31.4 Å². The molecule has 2 aromatic heterocycles. The fourth-order valence-corrected chi connectivity index (χ4v) is 5.58. The van der Waals surface area contributed by atoms with E-state index in [1.807, 2.05) is 18.3 Å². The predicted molar refractivity (Wildman–Crippen MR) is 112 cm³/mol. The third kappa shape index (κ3) is 4.30. The first-order valence-corrected chi connectivity index (χ1v) is 11.3. The molecule has 2 aromatic rings. The maximum atomic E-state index is 13.3. The fraction of sp³-hybridized carbons (Fsp3) is 0.565. The monoisotopic (exact) mass is 446 g/mol. The normalized spacial score (nSPS) is 23.9. The minimum Gasteiger partial charge on any atom is -0.375 e. The molecule has 0 bridgehead atoms. The molecule has 2 fully saturated rings. The van der Waals surface area contributed by atoms with Gasteiger partial charge in [-0.05, 0) is 84.6 Å². The first-order valence-electron chi connectivity index (χ1n) is 10.5. The van der Waals surface area contributed by atoms with Gasteiger partial charge in [-0.1, -0.05) is 25.3 Å². The van der Waals surface area contributed by atoms with Gasteiger partial charge < -0.3 is 4.74 Å². The molecule has 1 aliphatic heterocycles. The van der Waals surface area contributed by atoms with Crippen molar-refractivity contribution in [2.45, 2.75) is 75.2 Å². The van der Waals surface area contributed by atoms with Gasteiger partial charge in [-0.15, -0.1) is 0 Å². The van der Waals surface area contributed by atoms with Gasteiger partial charge in [-0.3, -0.25) is 4.98 Å². The highest BCUT2D eigenvalue weighted by Crippen LogP contribution is 2.50.